The zero-order chi connectivity index (χ0) is 17.8. The zero-order valence-corrected chi connectivity index (χ0v) is 14.1. The van der Waals surface area contributed by atoms with Gasteiger partial charge in [-0.25, -0.2) is 9.78 Å². The van der Waals surface area contributed by atoms with Crippen molar-refractivity contribution in [2.45, 2.75) is 19.9 Å². The second-order valence-corrected chi connectivity index (χ2v) is 5.65. The molecule has 2 N–H and O–H groups in total. The highest BCUT2D eigenvalue weighted by molar-refractivity contribution is 5.97. The standard InChI is InChI=1S/C19H19N3O3/c1-3-12-4-5-14(19(24)25-2)9-15(12)10-22-18(23)16-8-13-6-7-20-17(13)21-11-16/h4-9,11H,3,10H2,1-2H3,(H,20,21)(H,22,23). The first kappa shape index (κ1) is 16.7. The summed E-state index contributed by atoms with van der Waals surface area (Å²) in [6.45, 7) is 2.36. The monoisotopic (exact) mass is 337 g/mol. The van der Waals surface area contributed by atoms with Gasteiger partial charge in [0.1, 0.15) is 5.65 Å². The van der Waals surface area contributed by atoms with Gasteiger partial charge in [0.2, 0.25) is 0 Å². The summed E-state index contributed by atoms with van der Waals surface area (Å²) in [5, 5.41) is 3.77. The van der Waals surface area contributed by atoms with Crippen LogP contribution in [-0.2, 0) is 17.7 Å². The van der Waals surface area contributed by atoms with E-state index in [4.69, 9.17) is 4.74 Å². The van der Waals surface area contributed by atoms with Crippen molar-refractivity contribution >= 4 is 22.9 Å². The van der Waals surface area contributed by atoms with Crippen LogP contribution in [0.4, 0.5) is 0 Å². The lowest BCUT2D eigenvalue weighted by molar-refractivity contribution is 0.0600. The van der Waals surface area contributed by atoms with Gasteiger partial charge in [0.15, 0.2) is 0 Å². The van der Waals surface area contributed by atoms with Crippen molar-refractivity contribution < 1.29 is 14.3 Å². The number of aromatic amines is 1. The fourth-order valence-electron chi connectivity index (χ4n) is 2.72. The number of H-pyrrole nitrogens is 1. The smallest absolute Gasteiger partial charge is 0.337 e. The maximum absolute atomic E-state index is 12.4. The summed E-state index contributed by atoms with van der Waals surface area (Å²) >= 11 is 0. The summed E-state index contributed by atoms with van der Waals surface area (Å²) in [4.78, 5) is 31.3. The Morgan fingerprint density at radius 3 is 2.76 bits per heavy atom. The molecule has 0 unspecified atom stereocenters. The van der Waals surface area contributed by atoms with Crippen LogP contribution in [0, 0.1) is 0 Å². The van der Waals surface area contributed by atoms with E-state index in [9.17, 15) is 9.59 Å². The Labute approximate surface area is 145 Å². The molecule has 2 aromatic heterocycles. The van der Waals surface area contributed by atoms with Gasteiger partial charge in [-0.1, -0.05) is 13.0 Å². The molecule has 0 atom stereocenters. The minimum atomic E-state index is -0.391. The molecule has 0 radical (unpaired) electrons. The molecule has 0 saturated heterocycles. The third-order valence-corrected chi connectivity index (χ3v) is 4.11. The van der Waals surface area contributed by atoms with Crippen LogP contribution in [-0.4, -0.2) is 29.0 Å². The Balaban J connectivity index is 1.77. The lowest BCUT2D eigenvalue weighted by Gasteiger charge is -2.11. The molecular formula is C19H19N3O3. The summed E-state index contributed by atoms with van der Waals surface area (Å²) in [5.74, 6) is -0.599. The van der Waals surface area contributed by atoms with E-state index >= 15 is 0 Å². The van der Waals surface area contributed by atoms with E-state index in [2.05, 4.69) is 15.3 Å². The van der Waals surface area contributed by atoms with Crippen molar-refractivity contribution in [2.24, 2.45) is 0 Å². The van der Waals surface area contributed by atoms with Crippen LogP contribution < -0.4 is 5.32 Å². The maximum atomic E-state index is 12.4. The van der Waals surface area contributed by atoms with Crippen LogP contribution in [0.25, 0.3) is 11.0 Å². The fourth-order valence-corrected chi connectivity index (χ4v) is 2.72. The molecule has 0 bridgehead atoms. The number of methoxy groups -OCH3 is 1. The van der Waals surface area contributed by atoms with E-state index in [1.165, 1.54) is 7.11 Å². The zero-order valence-electron chi connectivity index (χ0n) is 14.1. The number of nitrogens with zero attached hydrogens (tertiary/aromatic N) is 1. The van der Waals surface area contributed by atoms with Crippen LogP contribution >= 0.6 is 0 Å². The number of aromatic nitrogens is 2. The van der Waals surface area contributed by atoms with E-state index in [1.54, 1.807) is 30.6 Å². The number of rotatable bonds is 5. The van der Waals surface area contributed by atoms with Gasteiger partial charge in [-0.3, -0.25) is 4.79 Å². The van der Waals surface area contributed by atoms with Crippen LogP contribution in [0.3, 0.4) is 0 Å². The number of hydrogen-bond donors (Lipinski definition) is 2. The van der Waals surface area contributed by atoms with E-state index < -0.39 is 5.97 Å². The first-order valence-electron chi connectivity index (χ1n) is 8.03. The number of ether oxygens (including phenoxy) is 1. The third-order valence-electron chi connectivity index (χ3n) is 4.11. The van der Waals surface area contributed by atoms with Crippen molar-refractivity contribution in [3.8, 4) is 0 Å². The lowest BCUT2D eigenvalue weighted by atomic mass is 10.0. The van der Waals surface area contributed by atoms with Crippen LogP contribution in [0.15, 0.2) is 42.7 Å². The number of esters is 1. The highest BCUT2D eigenvalue weighted by atomic mass is 16.5. The van der Waals surface area contributed by atoms with Crippen LogP contribution in [0.1, 0.15) is 38.8 Å². The molecule has 0 aliphatic carbocycles. The van der Waals surface area contributed by atoms with E-state index in [-0.39, 0.29) is 5.91 Å². The number of amides is 1. The minimum Gasteiger partial charge on any atom is -0.465 e. The molecule has 128 valence electrons. The molecule has 6 nitrogen and oxygen atoms in total. The minimum absolute atomic E-state index is 0.207. The highest BCUT2D eigenvalue weighted by Crippen LogP contribution is 2.15. The van der Waals surface area contributed by atoms with Crippen LogP contribution in [0.2, 0.25) is 0 Å². The summed E-state index contributed by atoms with van der Waals surface area (Å²) in [6, 6.07) is 9.05. The van der Waals surface area contributed by atoms with Crippen LogP contribution in [0.5, 0.6) is 0 Å². The van der Waals surface area contributed by atoms with E-state index in [0.29, 0.717) is 17.7 Å². The van der Waals surface area contributed by atoms with Gasteiger partial charge in [0, 0.05) is 24.3 Å². The predicted octanol–water partition coefficient (Wildman–Crippen LogP) is 2.84. The van der Waals surface area contributed by atoms with Gasteiger partial charge in [0.25, 0.3) is 5.91 Å². The normalized spacial score (nSPS) is 10.6. The summed E-state index contributed by atoms with van der Waals surface area (Å²) in [7, 11) is 1.35. The number of aryl methyl sites for hydroxylation is 1. The van der Waals surface area contributed by atoms with Crippen molar-refractivity contribution in [3.05, 3.63) is 65.0 Å². The Morgan fingerprint density at radius 2 is 2.00 bits per heavy atom. The first-order valence-corrected chi connectivity index (χ1v) is 8.03. The first-order chi connectivity index (χ1) is 12.1. The third kappa shape index (κ3) is 3.52. The van der Waals surface area contributed by atoms with Crippen molar-refractivity contribution in [1.82, 2.24) is 15.3 Å². The van der Waals surface area contributed by atoms with Crippen molar-refractivity contribution in [3.63, 3.8) is 0 Å². The lowest BCUT2D eigenvalue weighted by Crippen LogP contribution is -2.23. The Morgan fingerprint density at radius 1 is 1.16 bits per heavy atom. The van der Waals surface area contributed by atoms with Gasteiger partial charge in [0.05, 0.1) is 18.2 Å². The Hall–Kier alpha value is -3.15. The number of carbonyl (C=O) groups excluding carboxylic acids is 2. The summed E-state index contributed by atoms with van der Waals surface area (Å²) in [6.07, 6.45) is 4.13. The molecule has 0 spiro atoms. The number of pyridine rings is 1. The van der Waals surface area contributed by atoms with E-state index in [0.717, 1.165) is 28.6 Å². The molecular weight excluding hydrogens is 318 g/mol. The number of nitrogens with one attached hydrogen (secondary N) is 2. The van der Waals surface area contributed by atoms with Gasteiger partial charge < -0.3 is 15.0 Å². The average Bonchev–Trinajstić information content (AvgIpc) is 3.12. The Bertz CT molecular complexity index is 931. The molecule has 25 heavy (non-hydrogen) atoms. The second-order valence-electron chi connectivity index (χ2n) is 5.65. The summed E-state index contributed by atoms with van der Waals surface area (Å²) in [5.41, 5.74) is 3.69. The molecule has 0 fully saturated rings. The molecule has 2 heterocycles. The molecule has 3 aromatic rings. The number of carbonyl (C=O) groups is 2. The fraction of sp³-hybridized carbons (Fsp3) is 0.211. The second kappa shape index (κ2) is 7.17. The van der Waals surface area contributed by atoms with Gasteiger partial charge in [-0.05, 0) is 41.8 Å². The predicted molar refractivity (Wildman–Crippen MR) is 94.4 cm³/mol. The molecule has 0 aliphatic rings. The molecule has 1 amide bonds. The average molecular weight is 337 g/mol. The summed E-state index contributed by atoms with van der Waals surface area (Å²) < 4.78 is 4.76. The maximum Gasteiger partial charge on any atom is 0.337 e. The van der Waals surface area contributed by atoms with Gasteiger partial charge >= 0.3 is 5.97 Å². The quantitative estimate of drug-likeness (QED) is 0.701. The Kier molecular flexibility index (Phi) is 4.79. The number of hydrogen-bond acceptors (Lipinski definition) is 4. The SMILES string of the molecule is CCc1ccc(C(=O)OC)cc1CNC(=O)c1cnc2[nH]ccc2c1. The van der Waals surface area contributed by atoms with Crippen molar-refractivity contribution in [1.29, 1.82) is 0 Å². The molecule has 0 saturated carbocycles. The molecule has 3 rings (SSSR count). The topological polar surface area (TPSA) is 84.1 Å². The molecule has 0 aliphatic heterocycles. The largest absolute Gasteiger partial charge is 0.465 e. The van der Waals surface area contributed by atoms with Gasteiger partial charge in [-0.2, -0.15) is 0 Å². The van der Waals surface area contributed by atoms with Gasteiger partial charge in [-0.15, -0.1) is 0 Å². The number of benzene rings is 1. The van der Waals surface area contributed by atoms with E-state index in [1.807, 2.05) is 19.1 Å². The molecule has 6 heteroatoms. The highest BCUT2D eigenvalue weighted by Gasteiger charge is 2.12. The number of fused-ring (bicyclic) bond motifs is 1. The molecule has 1 aromatic carbocycles. The van der Waals surface area contributed by atoms with Crippen molar-refractivity contribution in [2.75, 3.05) is 7.11 Å².